The number of fused-ring (bicyclic) bond motifs is 1. The third-order valence-corrected chi connectivity index (χ3v) is 4.04. The zero-order valence-electron chi connectivity index (χ0n) is 14.6. The molecule has 0 aliphatic heterocycles. The van der Waals surface area contributed by atoms with E-state index in [0.717, 1.165) is 4.52 Å². The largest absolute Gasteiger partial charge is 0.491 e. The van der Waals surface area contributed by atoms with Gasteiger partial charge in [0.25, 0.3) is 12.3 Å². The van der Waals surface area contributed by atoms with Crippen LogP contribution >= 0.6 is 11.6 Å². The molecule has 27 heavy (non-hydrogen) atoms. The smallest absolute Gasteiger partial charge is 0.280 e. The molecule has 1 atom stereocenters. The molecule has 0 saturated carbocycles. The molecule has 3 aromatic rings. The molecule has 1 N–H and O–H groups in total. The predicted molar refractivity (Wildman–Crippen MR) is 96.6 cm³/mol. The highest BCUT2D eigenvalue weighted by Crippen LogP contribution is 2.21. The van der Waals surface area contributed by atoms with Crippen molar-refractivity contribution in [3.05, 3.63) is 58.5 Å². The van der Waals surface area contributed by atoms with E-state index < -0.39 is 12.3 Å². The summed E-state index contributed by atoms with van der Waals surface area (Å²) in [4.78, 5) is 16.7. The first-order chi connectivity index (χ1) is 12.8. The van der Waals surface area contributed by atoms with Crippen LogP contribution in [0, 0.1) is 6.92 Å². The van der Waals surface area contributed by atoms with E-state index in [1.165, 1.54) is 12.3 Å². The van der Waals surface area contributed by atoms with Crippen molar-refractivity contribution in [2.24, 2.45) is 0 Å². The summed E-state index contributed by atoms with van der Waals surface area (Å²) >= 11 is 5.82. The number of carbonyl (C=O) groups is 1. The normalized spacial score (nSPS) is 12.4. The van der Waals surface area contributed by atoms with Crippen molar-refractivity contribution < 1.29 is 18.3 Å². The van der Waals surface area contributed by atoms with Crippen LogP contribution in [0.2, 0.25) is 5.02 Å². The molecule has 0 radical (unpaired) electrons. The van der Waals surface area contributed by atoms with Gasteiger partial charge in [-0.15, -0.1) is 0 Å². The summed E-state index contributed by atoms with van der Waals surface area (Å²) in [6, 6.07) is 7.76. The number of carbonyl (C=O) groups excluding carboxylic acids is 1. The van der Waals surface area contributed by atoms with E-state index in [1.807, 2.05) is 0 Å². The van der Waals surface area contributed by atoms with E-state index >= 15 is 0 Å². The Bertz CT molecular complexity index is 960. The van der Waals surface area contributed by atoms with Crippen LogP contribution in [-0.4, -0.2) is 33.2 Å². The van der Waals surface area contributed by atoms with Gasteiger partial charge in [-0.3, -0.25) is 4.79 Å². The number of benzene rings is 1. The lowest BCUT2D eigenvalue weighted by molar-refractivity contribution is 0.0928. The average molecular weight is 395 g/mol. The molecule has 0 unspecified atom stereocenters. The fraction of sp³-hybridized carbons (Fsp3) is 0.278. The Labute approximate surface area is 159 Å². The van der Waals surface area contributed by atoms with E-state index in [9.17, 15) is 13.6 Å². The Kier molecular flexibility index (Phi) is 5.55. The molecule has 0 spiro atoms. The number of hydrogen-bond donors (Lipinski definition) is 1. The Morgan fingerprint density at radius 3 is 2.70 bits per heavy atom. The number of aromatic nitrogens is 3. The fourth-order valence-corrected chi connectivity index (χ4v) is 2.65. The first kappa shape index (κ1) is 19.0. The van der Waals surface area contributed by atoms with E-state index in [0.29, 0.717) is 16.5 Å². The van der Waals surface area contributed by atoms with Crippen LogP contribution in [0.1, 0.15) is 35.1 Å². The van der Waals surface area contributed by atoms with E-state index in [-0.39, 0.29) is 29.6 Å². The highest BCUT2D eigenvalue weighted by Gasteiger charge is 2.21. The van der Waals surface area contributed by atoms with Crippen molar-refractivity contribution in [3.63, 3.8) is 0 Å². The lowest BCUT2D eigenvalue weighted by Crippen LogP contribution is -2.36. The topological polar surface area (TPSA) is 68.5 Å². The van der Waals surface area contributed by atoms with Gasteiger partial charge in [0.05, 0.1) is 12.2 Å². The van der Waals surface area contributed by atoms with Crippen LogP contribution in [0.4, 0.5) is 8.78 Å². The molecule has 1 aromatic carbocycles. The first-order valence-corrected chi connectivity index (χ1v) is 8.55. The van der Waals surface area contributed by atoms with Crippen LogP contribution in [0.3, 0.4) is 0 Å². The molecular weight excluding hydrogens is 378 g/mol. The Hall–Kier alpha value is -2.74. The Morgan fingerprint density at radius 1 is 1.33 bits per heavy atom. The second kappa shape index (κ2) is 7.87. The van der Waals surface area contributed by atoms with Gasteiger partial charge in [0.15, 0.2) is 5.65 Å². The summed E-state index contributed by atoms with van der Waals surface area (Å²) in [5.74, 6) is 0.158. The minimum Gasteiger partial charge on any atom is -0.491 e. The molecule has 0 aliphatic rings. The highest BCUT2D eigenvalue weighted by molar-refractivity contribution is 6.30. The summed E-state index contributed by atoms with van der Waals surface area (Å²) in [5.41, 5.74) is 0.287. The summed E-state index contributed by atoms with van der Waals surface area (Å²) in [6.45, 7) is 3.58. The van der Waals surface area contributed by atoms with Crippen LogP contribution in [0.15, 0.2) is 36.5 Å². The molecule has 3 rings (SSSR count). The molecule has 6 nitrogen and oxygen atoms in total. The van der Waals surface area contributed by atoms with Crippen molar-refractivity contribution in [2.75, 3.05) is 6.61 Å². The van der Waals surface area contributed by atoms with Gasteiger partial charge in [0.1, 0.15) is 23.6 Å². The standard InChI is InChI=1S/C18H17ClF2N4O2/c1-10-7-15(16(20)21)25-17(23-10)14(8-22-25)18(26)24-11(2)9-27-13-5-3-12(19)4-6-13/h3-8,11,16H,9H2,1-2H3,(H,24,26)/t11-/m0/s1. The number of halogens is 3. The molecule has 2 heterocycles. The summed E-state index contributed by atoms with van der Waals surface area (Å²) < 4.78 is 32.9. The molecule has 0 aliphatic carbocycles. The summed E-state index contributed by atoms with van der Waals surface area (Å²) in [6.07, 6.45) is -1.49. The van der Waals surface area contributed by atoms with Crippen LogP contribution in [-0.2, 0) is 0 Å². The lowest BCUT2D eigenvalue weighted by Gasteiger charge is -2.15. The van der Waals surface area contributed by atoms with Crippen molar-refractivity contribution in [1.82, 2.24) is 19.9 Å². The first-order valence-electron chi connectivity index (χ1n) is 8.18. The maximum atomic E-state index is 13.2. The van der Waals surface area contributed by atoms with Gasteiger partial charge < -0.3 is 10.1 Å². The second-order valence-electron chi connectivity index (χ2n) is 6.06. The number of nitrogens with zero attached hydrogens (tertiary/aromatic N) is 3. The van der Waals surface area contributed by atoms with Gasteiger partial charge in [-0.1, -0.05) is 11.6 Å². The second-order valence-corrected chi connectivity index (χ2v) is 6.49. The molecule has 142 valence electrons. The maximum Gasteiger partial charge on any atom is 0.280 e. The number of hydrogen-bond acceptors (Lipinski definition) is 4. The lowest BCUT2D eigenvalue weighted by atomic mass is 10.2. The summed E-state index contributed by atoms with van der Waals surface area (Å²) in [5, 5.41) is 7.23. The van der Waals surface area contributed by atoms with Gasteiger partial charge in [-0.05, 0) is 44.2 Å². The third-order valence-electron chi connectivity index (χ3n) is 3.79. The zero-order valence-corrected chi connectivity index (χ0v) is 15.4. The number of aryl methyl sites for hydroxylation is 1. The minimum absolute atomic E-state index is 0.0913. The van der Waals surface area contributed by atoms with Gasteiger partial charge in [-0.25, -0.2) is 18.3 Å². The highest BCUT2D eigenvalue weighted by atomic mass is 35.5. The van der Waals surface area contributed by atoms with Gasteiger partial charge >= 0.3 is 0 Å². The summed E-state index contributed by atoms with van der Waals surface area (Å²) in [7, 11) is 0. The van der Waals surface area contributed by atoms with E-state index in [1.54, 1.807) is 38.1 Å². The van der Waals surface area contributed by atoms with E-state index in [2.05, 4.69) is 15.4 Å². The average Bonchev–Trinajstić information content (AvgIpc) is 3.04. The van der Waals surface area contributed by atoms with Gasteiger partial charge in [0.2, 0.25) is 0 Å². The molecule has 2 aromatic heterocycles. The van der Waals surface area contributed by atoms with Gasteiger partial charge in [-0.2, -0.15) is 5.10 Å². The molecule has 0 fully saturated rings. The van der Waals surface area contributed by atoms with Crippen molar-refractivity contribution in [1.29, 1.82) is 0 Å². The van der Waals surface area contributed by atoms with Gasteiger partial charge in [0, 0.05) is 10.7 Å². The molecule has 1 amide bonds. The number of amides is 1. The zero-order chi connectivity index (χ0) is 19.6. The fourth-order valence-electron chi connectivity index (χ4n) is 2.52. The van der Waals surface area contributed by atoms with Crippen LogP contribution in [0.5, 0.6) is 5.75 Å². The monoisotopic (exact) mass is 394 g/mol. The molecule has 0 bridgehead atoms. The maximum absolute atomic E-state index is 13.2. The van der Waals surface area contributed by atoms with Crippen LogP contribution in [0.25, 0.3) is 5.65 Å². The molecule has 0 saturated heterocycles. The Balaban J connectivity index is 1.71. The quantitative estimate of drug-likeness (QED) is 0.690. The Morgan fingerprint density at radius 2 is 2.04 bits per heavy atom. The number of nitrogens with one attached hydrogen (secondary N) is 1. The number of rotatable bonds is 6. The van der Waals surface area contributed by atoms with Crippen LogP contribution < -0.4 is 10.1 Å². The number of ether oxygens (including phenoxy) is 1. The minimum atomic E-state index is -2.73. The van der Waals surface area contributed by atoms with Crippen molar-refractivity contribution >= 4 is 23.2 Å². The predicted octanol–water partition coefficient (Wildman–Crippen LogP) is 3.83. The molecular formula is C18H17ClF2N4O2. The third kappa shape index (κ3) is 4.33. The molecule has 9 heteroatoms. The van der Waals surface area contributed by atoms with Crippen molar-refractivity contribution in [3.8, 4) is 5.75 Å². The van der Waals surface area contributed by atoms with E-state index in [4.69, 9.17) is 16.3 Å². The van der Waals surface area contributed by atoms with Crippen molar-refractivity contribution in [2.45, 2.75) is 26.3 Å². The number of alkyl halides is 2. The SMILES string of the molecule is Cc1cc(C(F)F)n2ncc(C(=O)N[C@@H](C)COc3ccc(Cl)cc3)c2n1.